The number of hydrogen-bond donors (Lipinski definition) is 1. The number of nitrogens with two attached hydrogens (primary N) is 1. The fourth-order valence-corrected chi connectivity index (χ4v) is 3.35. The molecule has 2 heterocycles. The normalized spacial score (nSPS) is 27.9. The summed E-state index contributed by atoms with van der Waals surface area (Å²) in [5.74, 6) is 1.23. The Kier molecular flexibility index (Phi) is 3.39. The lowest BCUT2D eigenvalue weighted by Crippen LogP contribution is -2.53. The number of halogens is 1. The van der Waals surface area contributed by atoms with Gasteiger partial charge in [0.1, 0.15) is 5.82 Å². The van der Waals surface area contributed by atoms with Crippen LogP contribution in [0.3, 0.4) is 0 Å². The maximum atomic E-state index is 5.87. The number of rotatable bonds is 1. The summed E-state index contributed by atoms with van der Waals surface area (Å²) in [7, 11) is 0. The van der Waals surface area contributed by atoms with Gasteiger partial charge >= 0.3 is 0 Å². The smallest absolute Gasteiger partial charge is 0.222 e. The molecule has 2 aliphatic rings. The predicted molar refractivity (Wildman–Crippen MR) is 73.5 cm³/mol. The Balaban J connectivity index is 1.91. The van der Waals surface area contributed by atoms with Crippen molar-refractivity contribution in [2.45, 2.75) is 37.8 Å². The average Bonchev–Trinajstić information content (AvgIpc) is 2.41. The van der Waals surface area contributed by atoms with Gasteiger partial charge in [-0.05, 0) is 28.8 Å². The molecule has 0 bridgehead atoms. The Morgan fingerprint density at radius 3 is 3.11 bits per heavy atom. The maximum Gasteiger partial charge on any atom is 0.222 e. The molecule has 5 nitrogen and oxygen atoms in total. The first kappa shape index (κ1) is 12.2. The van der Waals surface area contributed by atoms with E-state index in [9.17, 15) is 0 Å². The topological polar surface area (TPSA) is 64.3 Å². The molecular weight excluding hydrogens is 296 g/mol. The van der Waals surface area contributed by atoms with Gasteiger partial charge in [-0.3, -0.25) is 0 Å². The molecule has 6 heteroatoms. The van der Waals surface area contributed by atoms with E-state index in [1.165, 1.54) is 19.3 Å². The third-order valence-corrected chi connectivity index (χ3v) is 4.31. The van der Waals surface area contributed by atoms with Crippen molar-refractivity contribution in [2.75, 3.05) is 23.8 Å². The lowest BCUT2D eigenvalue weighted by molar-refractivity contribution is -0.00904. The quantitative estimate of drug-likeness (QED) is 0.859. The summed E-state index contributed by atoms with van der Waals surface area (Å²) >= 11 is 3.52. The second-order valence-electron chi connectivity index (χ2n) is 4.85. The summed E-state index contributed by atoms with van der Waals surface area (Å²) in [5, 5.41) is 0. The molecule has 0 spiro atoms. The summed E-state index contributed by atoms with van der Waals surface area (Å²) in [6.07, 6.45) is 6.92. The van der Waals surface area contributed by atoms with Gasteiger partial charge in [-0.25, -0.2) is 4.98 Å². The molecule has 2 fully saturated rings. The highest BCUT2D eigenvalue weighted by Gasteiger charge is 2.35. The summed E-state index contributed by atoms with van der Waals surface area (Å²) in [4.78, 5) is 10.7. The van der Waals surface area contributed by atoms with Crippen LogP contribution < -0.4 is 10.6 Å². The summed E-state index contributed by atoms with van der Waals surface area (Å²) in [6.45, 7) is 1.63. The van der Waals surface area contributed by atoms with Crippen molar-refractivity contribution in [3.63, 3.8) is 0 Å². The van der Waals surface area contributed by atoms with Crippen LogP contribution in [0.2, 0.25) is 0 Å². The van der Waals surface area contributed by atoms with Crippen LogP contribution in [0.5, 0.6) is 0 Å². The Labute approximate surface area is 115 Å². The van der Waals surface area contributed by atoms with E-state index in [0.29, 0.717) is 18.1 Å². The number of ether oxygens (including phenoxy) is 1. The Bertz CT molecular complexity index is 440. The lowest BCUT2D eigenvalue weighted by atomic mass is 9.90. The molecule has 18 heavy (non-hydrogen) atoms. The van der Waals surface area contributed by atoms with Crippen molar-refractivity contribution in [3.05, 3.63) is 10.7 Å². The first-order valence-electron chi connectivity index (χ1n) is 6.42. The van der Waals surface area contributed by atoms with E-state index < -0.39 is 0 Å². The minimum atomic E-state index is 0.326. The highest BCUT2D eigenvalue weighted by molar-refractivity contribution is 9.10. The number of morpholine rings is 1. The van der Waals surface area contributed by atoms with Crippen molar-refractivity contribution < 1.29 is 4.74 Å². The molecule has 0 amide bonds. The SMILES string of the molecule is Nc1ncc(Br)c(N2CCOC3CCCCC32)n1. The molecule has 0 aromatic carbocycles. The molecule has 98 valence electrons. The van der Waals surface area contributed by atoms with Crippen molar-refractivity contribution in [2.24, 2.45) is 0 Å². The van der Waals surface area contributed by atoms with E-state index >= 15 is 0 Å². The van der Waals surface area contributed by atoms with Crippen LogP contribution in [0.15, 0.2) is 10.7 Å². The second kappa shape index (κ2) is 5.01. The monoisotopic (exact) mass is 312 g/mol. The van der Waals surface area contributed by atoms with Gasteiger partial charge in [0.2, 0.25) is 5.95 Å². The van der Waals surface area contributed by atoms with Crippen molar-refractivity contribution in [1.82, 2.24) is 9.97 Å². The van der Waals surface area contributed by atoms with E-state index in [2.05, 4.69) is 30.8 Å². The molecular formula is C12H17BrN4O. The van der Waals surface area contributed by atoms with E-state index in [1.807, 2.05) is 0 Å². The van der Waals surface area contributed by atoms with Gasteiger partial charge in [0.05, 0.1) is 23.2 Å². The highest BCUT2D eigenvalue weighted by Crippen LogP contribution is 2.34. The highest BCUT2D eigenvalue weighted by atomic mass is 79.9. The Morgan fingerprint density at radius 1 is 1.39 bits per heavy atom. The molecule has 2 atom stereocenters. The molecule has 0 radical (unpaired) electrons. The fourth-order valence-electron chi connectivity index (χ4n) is 2.93. The molecule has 2 N–H and O–H groups in total. The van der Waals surface area contributed by atoms with Crippen LogP contribution in [0, 0.1) is 0 Å². The third-order valence-electron chi connectivity index (χ3n) is 3.75. The van der Waals surface area contributed by atoms with Crippen LogP contribution in [0.1, 0.15) is 25.7 Å². The molecule has 1 aliphatic carbocycles. The standard InChI is InChI=1S/C12H17BrN4O/c13-8-7-15-12(14)16-11(8)17-5-6-18-10-4-2-1-3-9(10)17/h7,9-10H,1-6H2,(H2,14,15,16). The number of aromatic nitrogens is 2. The van der Waals surface area contributed by atoms with Crippen LogP contribution in [0.4, 0.5) is 11.8 Å². The van der Waals surface area contributed by atoms with Gasteiger partial charge in [-0.2, -0.15) is 4.98 Å². The average molecular weight is 313 g/mol. The molecule has 3 rings (SSSR count). The predicted octanol–water partition coefficient (Wildman–Crippen LogP) is 1.97. The van der Waals surface area contributed by atoms with E-state index in [0.717, 1.165) is 29.9 Å². The molecule has 1 aromatic heterocycles. The number of hydrogen-bond acceptors (Lipinski definition) is 5. The van der Waals surface area contributed by atoms with Gasteiger partial charge in [-0.15, -0.1) is 0 Å². The number of nitrogens with zero attached hydrogens (tertiary/aromatic N) is 3. The minimum Gasteiger partial charge on any atom is -0.374 e. The van der Waals surface area contributed by atoms with Gasteiger partial charge < -0.3 is 15.4 Å². The second-order valence-corrected chi connectivity index (χ2v) is 5.71. The fraction of sp³-hybridized carbons (Fsp3) is 0.667. The van der Waals surface area contributed by atoms with Gasteiger partial charge in [0.15, 0.2) is 0 Å². The Hall–Kier alpha value is -0.880. The number of anilines is 2. The molecule has 1 saturated heterocycles. The largest absolute Gasteiger partial charge is 0.374 e. The molecule has 1 saturated carbocycles. The molecule has 1 aliphatic heterocycles. The lowest BCUT2D eigenvalue weighted by Gasteiger charge is -2.44. The van der Waals surface area contributed by atoms with Crippen LogP contribution in [-0.2, 0) is 4.74 Å². The zero-order valence-corrected chi connectivity index (χ0v) is 11.8. The zero-order chi connectivity index (χ0) is 12.5. The van der Waals surface area contributed by atoms with Gasteiger partial charge in [-0.1, -0.05) is 12.8 Å². The molecule has 2 unspecified atom stereocenters. The number of nitrogen functional groups attached to an aromatic ring is 1. The van der Waals surface area contributed by atoms with Crippen LogP contribution >= 0.6 is 15.9 Å². The first-order valence-corrected chi connectivity index (χ1v) is 7.21. The minimum absolute atomic E-state index is 0.326. The van der Waals surface area contributed by atoms with Crippen LogP contribution in [0.25, 0.3) is 0 Å². The number of fused-ring (bicyclic) bond motifs is 1. The van der Waals surface area contributed by atoms with Crippen molar-refractivity contribution >= 4 is 27.7 Å². The van der Waals surface area contributed by atoms with Crippen molar-refractivity contribution in [1.29, 1.82) is 0 Å². The van der Waals surface area contributed by atoms with Crippen molar-refractivity contribution in [3.8, 4) is 0 Å². The molecule has 1 aromatic rings. The third kappa shape index (κ3) is 2.19. The summed E-state index contributed by atoms with van der Waals surface area (Å²) < 4.78 is 6.78. The summed E-state index contributed by atoms with van der Waals surface area (Å²) in [6, 6.07) is 0.429. The first-order chi connectivity index (χ1) is 8.75. The van der Waals surface area contributed by atoms with E-state index in [1.54, 1.807) is 6.20 Å². The zero-order valence-electron chi connectivity index (χ0n) is 10.2. The van der Waals surface area contributed by atoms with Gasteiger partial charge in [0.25, 0.3) is 0 Å². The summed E-state index contributed by atoms with van der Waals surface area (Å²) in [5.41, 5.74) is 5.70. The van der Waals surface area contributed by atoms with Crippen LogP contribution in [-0.4, -0.2) is 35.3 Å². The van der Waals surface area contributed by atoms with Gasteiger partial charge in [0, 0.05) is 12.7 Å². The van der Waals surface area contributed by atoms with E-state index in [4.69, 9.17) is 10.5 Å². The van der Waals surface area contributed by atoms with E-state index in [-0.39, 0.29) is 0 Å². The maximum absolute atomic E-state index is 5.87. The Morgan fingerprint density at radius 2 is 2.22 bits per heavy atom.